The van der Waals surface area contributed by atoms with Gasteiger partial charge in [-0.25, -0.2) is 14.8 Å². The summed E-state index contributed by atoms with van der Waals surface area (Å²) in [5.41, 5.74) is 4.23. The molecule has 212 valence electrons. The predicted molar refractivity (Wildman–Crippen MR) is 157 cm³/mol. The van der Waals surface area contributed by atoms with Crippen molar-refractivity contribution in [1.29, 1.82) is 0 Å². The lowest BCUT2D eigenvalue weighted by Gasteiger charge is -2.19. The van der Waals surface area contributed by atoms with E-state index in [1.807, 2.05) is 24.3 Å². The van der Waals surface area contributed by atoms with Crippen LogP contribution in [0.4, 0.5) is 9.52 Å². The molecule has 8 nitrogen and oxygen atoms in total. The summed E-state index contributed by atoms with van der Waals surface area (Å²) in [6.07, 6.45) is 1.93. The number of anilines is 1. The molecule has 1 aliphatic carbocycles. The lowest BCUT2D eigenvalue weighted by atomic mass is 10.0. The van der Waals surface area contributed by atoms with Crippen molar-refractivity contribution in [3.05, 3.63) is 86.1 Å². The number of nitrogens with zero attached hydrogens (tertiary/aromatic N) is 3. The summed E-state index contributed by atoms with van der Waals surface area (Å²) in [7, 11) is 0. The van der Waals surface area contributed by atoms with E-state index in [2.05, 4.69) is 20.2 Å². The van der Waals surface area contributed by atoms with Gasteiger partial charge in [-0.2, -0.15) is 4.39 Å². The fourth-order valence-electron chi connectivity index (χ4n) is 5.40. The molecule has 2 N–H and O–H groups in total. The first-order valence-electron chi connectivity index (χ1n) is 13.2. The Hall–Kier alpha value is -3.47. The summed E-state index contributed by atoms with van der Waals surface area (Å²) in [6.45, 7) is 5.24. The van der Waals surface area contributed by atoms with Crippen LogP contribution in [0.2, 0.25) is 10.0 Å². The highest BCUT2D eigenvalue weighted by atomic mass is 35.5. The molecular weight excluding hydrogens is 588 g/mol. The number of piperidine rings is 1. The van der Waals surface area contributed by atoms with E-state index in [0.717, 1.165) is 34.9 Å². The quantitative estimate of drug-likeness (QED) is 0.189. The number of carbonyl (C=O) groups excluding carboxylic acids is 2. The van der Waals surface area contributed by atoms with E-state index in [4.69, 9.17) is 32.9 Å². The normalized spacial score (nSPS) is 19.2. The molecule has 2 fully saturated rings. The van der Waals surface area contributed by atoms with Gasteiger partial charge in [-0.1, -0.05) is 58.8 Å². The van der Waals surface area contributed by atoms with E-state index in [9.17, 15) is 14.0 Å². The molecule has 1 aromatic carbocycles. The number of ether oxygens (including phenoxy) is 1. The number of thiazole rings is 1. The molecule has 6 rings (SSSR count). The number of aromatic amines is 1. The number of pyridine rings is 1. The molecule has 4 aromatic rings. The third-order valence-corrected chi connectivity index (χ3v) is 9.64. The number of amides is 1. The summed E-state index contributed by atoms with van der Waals surface area (Å²) in [4.78, 5) is 39.8. The molecule has 0 unspecified atom stereocenters. The Morgan fingerprint density at radius 3 is 2.61 bits per heavy atom. The first-order valence-corrected chi connectivity index (χ1v) is 14.8. The average molecular weight is 615 g/mol. The number of hydrogen-bond acceptors (Lipinski definition) is 7. The zero-order chi connectivity index (χ0) is 28.8. The van der Waals surface area contributed by atoms with E-state index in [1.165, 1.54) is 23.6 Å². The number of esters is 1. The maximum Gasteiger partial charge on any atom is 0.350 e. The smallest absolute Gasteiger partial charge is 0.350 e. The number of carbonyl (C=O) groups is 2. The molecule has 0 radical (unpaired) electrons. The maximum absolute atomic E-state index is 13.3. The highest BCUT2D eigenvalue weighted by Gasteiger charge is 2.57. The number of nitrogens with one attached hydrogen (secondary N) is 2. The Morgan fingerprint density at radius 1 is 1.17 bits per heavy atom. The van der Waals surface area contributed by atoms with Gasteiger partial charge in [0.2, 0.25) is 5.95 Å². The van der Waals surface area contributed by atoms with Gasteiger partial charge in [0.05, 0.1) is 22.3 Å². The van der Waals surface area contributed by atoms with Gasteiger partial charge in [0, 0.05) is 54.8 Å². The van der Waals surface area contributed by atoms with E-state index in [1.54, 1.807) is 19.9 Å². The van der Waals surface area contributed by atoms with Crippen LogP contribution in [0.25, 0.3) is 11.1 Å². The van der Waals surface area contributed by atoms with Crippen LogP contribution in [0.3, 0.4) is 0 Å². The van der Waals surface area contributed by atoms with Crippen molar-refractivity contribution in [3.63, 3.8) is 0 Å². The van der Waals surface area contributed by atoms with Crippen LogP contribution in [0.1, 0.15) is 44.0 Å². The molecular formula is C29H26Cl2FN5O3S. The minimum atomic E-state index is -0.530. The van der Waals surface area contributed by atoms with Crippen molar-refractivity contribution in [2.75, 3.05) is 24.6 Å². The number of H-pyrrole nitrogens is 1. The molecule has 1 amide bonds. The molecule has 4 heterocycles. The minimum Gasteiger partial charge on any atom is -0.462 e. The van der Waals surface area contributed by atoms with E-state index >= 15 is 0 Å². The first-order chi connectivity index (χ1) is 19.7. The van der Waals surface area contributed by atoms with Gasteiger partial charge in [0.1, 0.15) is 10.6 Å². The maximum atomic E-state index is 13.3. The predicted octanol–water partition coefficient (Wildman–Crippen LogP) is 5.92. The van der Waals surface area contributed by atoms with Gasteiger partial charge in [0.15, 0.2) is 5.13 Å². The summed E-state index contributed by atoms with van der Waals surface area (Å²) >= 11 is 13.7. The van der Waals surface area contributed by atoms with Gasteiger partial charge in [-0.3, -0.25) is 4.79 Å². The molecule has 3 atom stereocenters. The third kappa shape index (κ3) is 5.43. The molecule has 12 heteroatoms. The second kappa shape index (κ2) is 11.1. The standard InChI is InChI=1S/C29H26Cl2FN5O3S/c1-3-40-28(39)26-20(10-15-5-4-6-16(9-15)17-7-8-21(32)33-11-17)35-29(41-26)37-12-18-19(13-37)24(18)36-27(38)25-23(31)22(30)14(2)34-25/h4-9,11,18-19,24,34H,3,10,12-13H2,1-2H3,(H,36,38)/t18-,19+,24-. The summed E-state index contributed by atoms with van der Waals surface area (Å²) in [5.74, 6) is -0.628. The summed E-state index contributed by atoms with van der Waals surface area (Å²) in [6, 6.07) is 10.9. The van der Waals surface area contributed by atoms with Crippen molar-refractivity contribution in [2.24, 2.45) is 11.8 Å². The average Bonchev–Trinajstić information content (AvgIpc) is 3.30. The molecule has 2 aliphatic rings. The Kier molecular flexibility index (Phi) is 7.48. The second-order valence-electron chi connectivity index (χ2n) is 10.2. The lowest BCUT2D eigenvalue weighted by molar-refractivity contribution is 0.0530. The van der Waals surface area contributed by atoms with Gasteiger partial charge in [-0.05, 0) is 37.1 Å². The monoisotopic (exact) mass is 613 g/mol. The zero-order valence-electron chi connectivity index (χ0n) is 22.2. The van der Waals surface area contributed by atoms with Crippen molar-refractivity contribution in [3.8, 4) is 11.1 Å². The van der Waals surface area contributed by atoms with Crippen LogP contribution in [0.5, 0.6) is 0 Å². The Bertz CT molecular complexity index is 1630. The van der Waals surface area contributed by atoms with Gasteiger partial charge in [0.25, 0.3) is 5.91 Å². The summed E-state index contributed by atoms with van der Waals surface area (Å²) in [5, 5.41) is 4.42. The van der Waals surface area contributed by atoms with E-state index in [-0.39, 0.29) is 41.1 Å². The number of halogens is 3. The van der Waals surface area contributed by atoms with E-state index < -0.39 is 11.9 Å². The van der Waals surface area contributed by atoms with Crippen LogP contribution in [0.15, 0.2) is 42.6 Å². The highest BCUT2D eigenvalue weighted by Crippen LogP contribution is 2.48. The number of aryl methyl sites for hydroxylation is 1. The SMILES string of the molecule is CCOC(=O)c1sc(N2C[C@@H]3[C@H](C2)[C@@H]3NC(=O)c2[nH]c(C)c(Cl)c2Cl)nc1Cc1cccc(-c2ccc(F)nc2)c1. The van der Waals surface area contributed by atoms with Crippen LogP contribution >= 0.6 is 34.5 Å². The fourth-order valence-corrected chi connectivity index (χ4v) is 6.81. The van der Waals surface area contributed by atoms with Crippen molar-refractivity contribution in [2.45, 2.75) is 26.3 Å². The number of benzene rings is 1. The van der Waals surface area contributed by atoms with Crippen molar-refractivity contribution >= 4 is 51.5 Å². The number of fused-ring (bicyclic) bond motifs is 1. The lowest BCUT2D eigenvalue weighted by Crippen LogP contribution is -2.34. The molecule has 41 heavy (non-hydrogen) atoms. The Balaban J connectivity index is 1.16. The van der Waals surface area contributed by atoms with Crippen molar-refractivity contribution in [1.82, 2.24) is 20.3 Å². The Morgan fingerprint density at radius 2 is 1.95 bits per heavy atom. The van der Waals surface area contributed by atoms with Crippen LogP contribution in [-0.2, 0) is 11.2 Å². The molecule has 1 saturated heterocycles. The molecule has 1 saturated carbocycles. The largest absolute Gasteiger partial charge is 0.462 e. The first kappa shape index (κ1) is 27.7. The van der Waals surface area contributed by atoms with Gasteiger partial charge in [-0.15, -0.1) is 0 Å². The summed E-state index contributed by atoms with van der Waals surface area (Å²) < 4.78 is 18.6. The fraction of sp³-hybridized carbons (Fsp3) is 0.310. The van der Waals surface area contributed by atoms with Gasteiger partial charge < -0.3 is 19.9 Å². The van der Waals surface area contributed by atoms with Crippen LogP contribution < -0.4 is 10.2 Å². The van der Waals surface area contributed by atoms with Crippen LogP contribution in [0, 0.1) is 24.7 Å². The zero-order valence-corrected chi connectivity index (χ0v) is 24.5. The molecule has 3 aromatic heterocycles. The topological polar surface area (TPSA) is 100 Å². The molecule has 0 spiro atoms. The second-order valence-corrected chi connectivity index (χ2v) is 12.0. The number of rotatable bonds is 8. The highest BCUT2D eigenvalue weighted by molar-refractivity contribution is 7.17. The van der Waals surface area contributed by atoms with Gasteiger partial charge >= 0.3 is 5.97 Å². The number of aromatic nitrogens is 3. The minimum absolute atomic E-state index is 0.0462. The number of hydrogen-bond donors (Lipinski definition) is 2. The molecule has 1 aliphatic heterocycles. The third-order valence-electron chi connectivity index (χ3n) is 7.55. The van der Waals surface area contributed by atoms with E-state index in [0.29, 0.717) is 27.7 Å². The van der Waals surface area contributed by atoms with Crippen molar-refractivity contribution < 1.29 is 18.7 Å². The Labute approximate surface area is 249 Å². The van der Waals surface area contributed by atoms with Crippen LogP contribution in [-0.4, -0.2) is 52.6 Å². The molecule has 0 bridgehead atoms.